The first kappa shape index (κ1) is 15.7. The van der Waals surface area contributed by atoms with Crippen molar-refractivity contribution in [3.05, 3.63) is 33.9 Å². The van der Waals surface area contributed by atoms with Crippen LogP contribution in [0.5, 0.6) is 5.75 Å². The van der Waals surface area contributed by atoms with E-state index in [-0.39, 0.29) is 35.7 Å². The minimum Gasteiger partial charge on any atom is -0.449 e. The minimum atomic E-state index is -1.50. The van der Waals surface area contributed by atoms with Gasteiger partial charge >= 0.3 is 6.16 Å². The van der Waals surface area contributed by atoms with Gasteiger partial charge in [0.15, 0.2) is 0 Å². The van der Waals surface area contributed by atoms with E-state index in [1.54, 1.807) is 4.90 Å². The van der Waals surface area contributed by atoms with Gasteiger partial charge in [-0.2, -0.15) is 0 Å². The third-order valence-corrected chi connectivity index (χ3v) is 3.62. The molecule has 1 N–H and O–H groups in total. The second-order valence-corrected chi connectivity index (χ2v) is 5.39. The maximum absolute atomic E-state index is 12.0. The first-order chi connectivity index (χ1) is 10.3. The van der Waals surface area contributed by atoms with E-state index in [1.165, 1.54) is 18.2 Å². The van der Waals surface area contributed by atoms with E-state index in [0.29, 0.717) is 12.1 Å². The first-order valence-electron chi connectivity index (χ1n) is 6.78. The maximum atomic E-state index is 12.0. The van der Waals surface area contributed by atoms with Gasteiger partial charge in [-0.05, 0) is 19.9 Å². The van der Waals surface area contributed by atoms with Crippen molar-refractivity contribution in [3.8, 4) is 5.75 Å². The molecule has 1 aliphatic heterocycles. The lowest BCUT2D eigenvalue weighted by molar-refractivity contribution is -0.385. The standard InChI is InChI=1S/C14H16N2O6/c1-8(2)15-7-9(5-13(15)17)11-6-10(16(20)21)3-4-12(11)22-14(18)19/h3-4,6,8-9H,5,7H2,1-2H3,(H,18,19)/t9-/m0/s1. The average Bonchev–Trinajstić information content (AvgIpc) is 2.80. The number of benzene rings is 1. The van der Waals surface area contributed by atoms with Gasteiger partial charge < -0.3 is 14.7 Å². The smallest absolute Gasteiger partial charge is 0.449 e. The Bertz CT molecular complexity index is 628. The van der Waals surface area contributed by atoms with Gasteiger partial charge in [-0.25, -0.2) is 4.79 Å². The SMILES string of the molecule is CC(C)N1C[C@@H](c2cc([N+](=O)[O-])ccc2OC(=O)O)CC1=O. The molecule has 1 amide bonds. The number of ether oxygens (including phenoxy) is 1. The van der Waals surface area contributed by atoms with Gasteiger partial charge in [0.05, 0.1) is 4.92 Å². The molecule has 1 fully saturated rings. The van der Waals surface area contributed by atoms with Crippen molar-refractivity contribution in [3.63, 3.8) is 0 Å². The second kappa shape index (κ2) is 6.00. The van der Waals surface area contributed by atoms with Crippen LogP contribution in [0.1, 0.15) is 31.7 Å². The molecule has 8 nitrogen and oxygen atoms in total. The molecule has 118 valence electrons. The van der Waals surface area contributed by atoms with Crippen LogP contribution in [0.4, 0.5) is 10.5 Å². The Balaban J connectivity index is 2.39. The third-order valence-electron chi connectivity index (χ3n) is 3.62. The summed E-state index contributed by atoms with van der Waals surface area (Å²) < 4.78 is 4.69. The summed E-state index contributed by atoms with van der Waals surface area (Å²) in [6.07, 6.45) is -1.32. The molecule has 0 bridgehead atoms. The molecule has 1 aromatic rings. The topological polar surface area (TPSA) is 110 Å². The summed E-state index contributed by atoms with van der Waals surface area (Å²) in [6, 6.07) is 3.73. The molecule has 0 radical (unpaired) electrons. The van der Waals surface area contributed by atoms with Crippen molar-refractivity contribution in [2.45, 2.75) is 32.2 Å². The quantitative estimate of drug-likeness (QED) is 0.396. The summed E-state index contributed by atoms with van der Waals surface area (Å²) in [5.41, 5.74) is 0.205. The molecule has 1 aliphatic rings. The van der Waals surface area contributed by atoms with Crippen molar-refractivity contribution >= 4 is 17.7 Å². The fourth-order valence-electron chi connectivity index (χ4n) is 2.59. The lowest BCUT2D eigenvalue weighted by Crippen LogP contribution is -2.31. The zero-order valence-electron chi connectivity index (χ0n) is 12.2. The molecule has 1 saturated heterocycles. The molecule has 0 aromatic heterocycles. The molecule has 0 aliphatic carbocycles. The molecule has 2 rings (SSSR count). The van der Waals surface area contributed by atoms with E-state index >= 15 is 0 Å². The number of hydrogen-bond acceptors (Lipinski definition) is 5. The van der Waals surface area contributed by atoms with Gasteiger partial charge in [0, 0.05) is 42.6 Å². The van der Waals surface area contributed by atoms with E-state index in [9.17, 15) is 19.7 Å². The molecule has 1 aromatic carbocycles. The number of nitro benzene ring substituents is 1. The molecule has 0 saturated carbocycles. The van der Waals surface area contributed by atoms with Crippen LogP contribution >= 0.6 is 0 Å². The highest BCUT2D eigenvalue weighted by atomic mass is 16.7. The Labute approximate surface area is 126 Å². The van der Waals surface area contributed by atoms with E-state index in [1.807, 2.05) is 13.8 Å². The molecule has 0 spiro atoms. The minimum absolute atomic E-state index is 0.0139. The van der Waals surface area contributed by atoms with Gasteiger partial charge in [0.25, 0.3) is 5.69 Å². The van der Waals surface area contributed by atoms with Gasteiger partial charge in [-0.1, -0.05) is 0 Å². The van der Waals surface area contributed by atoms with E-state index < -0.39 is 11.1 Å². The summed E-state index contributed by atoms with van der Waals surface area (Å²) in [4.78, 5) is 34.8. The number of amides is 1. The zero-order valence-corrected chi connectivity index (χ0v) is 12.2. The number of likely N-dealkylation sites (tertiary alicyclic amines) is 1. The number of carbonyl (C=O) groups excluding carboxylic acids is 1. The number of carbonyl (C=O) groups is 2. The molecule has 8 heteroatoms. The van der Waals surface area contributed by atoms with Gasteiger partial charge in [-0.3, -0.25) is 14.9 Å². The Morgan fingerprint density at radius 2 is 2.18 bits per heavy atom. The summed E-state index contributed by atoms with van der Waals surface area (Å²) in [6.45, 7) is 4.14. The van der Waals surface area contributed by atoms with Crippen LogP contribution in [0.3, 0.4) is 0 Å². The van der Waals surface area contributed by atoms with Crippen LogP contribution in [-0.2, 0) is 4.79 Å². The lowest BCUT2D eigenvalue weighted by Gasteiger charge is -2.21. The number of rotatable bonds is 4. The summed E-state index contributed by atoms with van der Waals surface area (Å²) in [5, 5.41) is 19.7. The van der Waals surface area contributed by atoms with Crippen molar-refractivity contribution in [1.82, 2.24) is 4.90 Å². The highest BCUT2D eigenvalue weighted by molar-refractivity contribution is 5.80. The Kier molecular flexibility index (Phi) is 4.30. The highest BCUT2D eigenvalue weighted by Gasteiger charge is 2.34. The predicted molar refractivity (Wildman–Crippen MR) is 76.0 cm³/mol. The Morgan fingerprint density at radius 1 is 1.50 bits per heavy atom. The van der Waals surface area contributed by atoms with E-state index in [4.69, 9.17) is 5.11 Å². The predicted octanol–water partition coefficient (Wildman–Crippen LogP) is 2.38. The number of non-ortho nitro benzene ring substituents is 1. The van der Waals surface area contributed by atoms with Gasteiger partial charge in [0.1, 0.15) is 5.75 Å². The fourth-order valence-corrected chi connectivity index (χ4v) is 2.59. The molecule has 1 heterocycles. The number of nitrogens with zero attached hydrogens (tertiary/aromatic N) is 2. The van der Waals surface area contributed by atoms with E-state index in [2.05, 4.69) is 4.74 Å². The van der Waals surface area contributed by atoms with Crippen molar-refractivity contribution in [1.29, 1.82) is 0 Å². The molecular weight excluding hydrogens is 292 g/mol. The summed E-state index contributed by atoms with van der Waals surface area (Å²) >= 11 is 0. The Hall–Kier alpha value is -2.64. The Morgan fingerprint density at radius 3 is 2.68 bits per heavy atom. The van der Waals surface area contributed by atoms with Gasteiger partial charge in [-0.15, -0.1) is 0 Å². The van der Waals surface area contributed by atoms with Crippen LogP contribution in [-0.4, -0.2) is 39.6 Å². The van der Waals surface area contributed by atoms with Crippen LogP contribution in [0.2, 0.25) is 0 Å². The summed E-state index contributed by atoms with van der Waals surface area (Å²) in [7, 11) is 0. The first-order valence-corrected chi connectivity index (χ1v) is 6.78. The summed E-state index contributed by atoms with van der Waals surface area (Å²) in [5.74, 6) is -0.363. The zero-order chi connectivity index (χ0) is 16.4. The van der Waals surface area contributed by atoms with Crippen LogP contribution < -0.4 is 4.74 Å². The molecule has 1 atom stereocenters. The number of nitro groups is 1. The molecular formula is C14H16N2O6. The number of carboxylic acid groups (broad SMARTS) is 1. The van der Waals surface area contributed by atoms with Crippen molar-refractivity contribution < 1.29 is 24.4 Å². The maximum Gasteiger partial charge on any atom is 0.511 e. The lowest BCUT2D eigenvalue weighted by atomic mass is 9.96. The average molecular weight is 308 g/mol. The fraction of sp³-hybridized carbons (Fsp3) is 0.429. The molecule has 0 unspecified atom stereocenters. The van der Waals surface area contributed by atoms with Crippen molar-refractivity contribution in [2.24, 2.45) is 0 Å². The monoisotopic (exact) mass is 308 g/mol. The van der Waals surface area contributed by atoms with Crippen LogP contribution in [0.15, 0.2) is 18.2 Å². The van der Waals surface area contributed by atoms with Gasteiger partial charge in [0.2, 0.25) is 5.91 Å². The molecule has 22 heavy (non-hydrogen) atoms. The third kappa shape index (κ3) is 3.16. The van der Waals surface area contributed by atoms with E-state index in [0.717, 1.165) is 0 Å². The van der Waals surface area contributed by atoms with Crippen LogP contribution in [0.25, 0.3) is 0 Å². The van der Waals surface area contributed by atoms with Crippen molar-refractivity contribution in [2.75, 3.05) is 6.54 Å². The number of hydrogen-bond donors (Lipinski definition) is 1. The second-order valence-electron chi connectivity index (χ2n) is 5.39. The largest absolute Gasteiger partial charge is 0.511 e. The highest BCUT2D eigenvalue weighted by Crippen LogP contribution is 2.37. The van der Waals surface area contributed by atoms with Crippen LogP contribution in [0, 0.1) is 10.1 Å². The normalized spacial score (nSPS) is 17.9.